The topological polar surface area (TPSA) is 106 Å². The summed E-state index contributed by atoms with van der Waals surface area (Å²) in [6, 6.07) is 13.7. The highest BCUT2D eigenvalue weighted by Gasteiger charge is 2.13. The van der Waals surface area contributed by atoms with Crippen LogP contribution in [0.5, 0.6) is 11.5 Å². The van der Waals surface area contributed by atoms with E-state index in [0.717, 1.165) is 0 Å². The summed E-state index contributed by atoms with van der Waals surface area (Å²) in [7, 11) is 0. The molecule has 9 heteroatoms. The minimum absolute atomic E-state index is 0.0598. The van der Waals surface area contributed by atoms with Gasteiger partial charge in [-0.2, -0.15) is 0 Å². The third kappa shape index (κ3) is 4.93. The van der Waals surface area contributed by atoms with Crippen LogP contribution in [-0.4, -0.2) is 15.9 Å². The standard InChI is InChI=1S/C18H13ClN4O4/c19-16-11-13(3-6-17(16)23(25)26)22-18(24)21-12-1-4-14(5-2-12)27-15-7-9-20-10-8-15/h1-11H,(H2,21,22,24). The Kier molecular flexibility index (Phi) is 5.48. The van der Waals surface area contributed by atoms with E-state index in [4.69, 9.17) is 16.3 Å². The number of urea groups is 1. The summed E-state index contributed by atoms with van der Waals surface area (Å²) in [5.41, 5.74) is 0.649. The van der Waals surface area contributed by atoms with E-state index < -0.39 is 11.0 Å². The molecule has 0 unspecified atom stereocenters. The van der Waals surface area contributed by atoms with Gasteiger partial charge in [0.1, 0.15) is 16.5 Å². The van der Waals surface area contributed by atoms with Crippen LogP contribution >= 0.6 is 11.6 Å². The summed E-state index contributed by atoms with van der Waals surface area (Å²) >= 11 is 5.82. The average Bonchev–Trinajstić information content (AvgIpc) is 2.64. The lowest BCUT2D eigenvalue weighted by atomic mass is 10.3. The van der Waals surface area contributed by atoms with Crippen molar-refractivity contribution in [2.45, 2.75) is 0 Å². The van der Waals surface area contributed by atoms with Crippen LogP contribution in [0.3, 0.4) is 0 Å². The highest BCUT2D eigenvalue weighted by molar-refractivity contribution is 6.33. The van der Waals surface area contributed by atoms with Crippen molar-refractivity contribution in [3.63, 3.8) is 0 Å². The van der Waals surface area contributed by atoms with E-state index in [1.54, 1.807) is 48.8 Å². The van der Waals surface area contributed by atoms with Gasteiger partial charge in [0.05, 0.1) is 4.92 Å². The molecule has 0 saturated heterocycles. The first-order valence-electron chi connectivity index (χ1n) is 7.71. The zero-order chi connectivity index (χ0) is 19.2. The Bertz CT molecular complexity index is 965. The fourth-order valence-corrected chi connectivity index (χ4v) is 2.42. The quantitative estimate of drug-likeness (QED) is 0.471. The molecule has 0 radical (unpaired) electrons. The van der Waals surface area contributed by atoms with Gasteiger partial charge in [0.25, 0.3) is 5.69 Å². The van der Waals surface area contributed by atoms with Gasteiger partial charge in [-0.1, -0.05) is 11.6 Å². The predicted octanol–water partition coefficient (Wildman–Crippen LogP) is 5.08. The first kappa shape index (κ1) is 18.2. The Morgan fingerprint density at radius 3 is 2.19 bits per heavy atom. The number of anilines is 2. The number of amides is 2. The van der Waals surface area contributed by atoms with Gasteiger partial charge in [-0.3, -0.25) is 15.1 Å². The van der Waals surface area contributed by atoms with Gasteiger partial charge in [-0.15, -0.1) is 0 Å². The number of carbonyl (C=O) groups excluding carboxylic acids is 1. The SMILES string of the molecule is O=C(Nc1ccc(Oc2ccncc2)cc1)Nc1ccc([N+](=O)[O-])c(Cl)c1. The fraction of sp³-hybridized carbons (Fsp3) is 0. The summed E-state index contributed by atoms with van der Waals surface area (Å²) in [6.07, 6.45) is 3.25. The van der Waals surface area contributed by atoms with Gasteiger partial charge < -0.3 is 15.4 Å². The van der Waals surface area contributed by atoms with Crippen LogP contribution < -0.4 is 15.4 Å². The third-order valence-corrected chi connectivity index (χ3v) is 3.70. The molecular weight excluding hydrogens is 372 g/mol. The number of halogens is 1. The Morgan fingerprint density at radius 2 is 1.56 bits per heavy atom. The van der Waals surface area contributed by atoms with Crippen molar-refractivity contribution in [2.75, 3.05) is 10.6 Å². The van der Waals surface area contributed by atoms with Crippen LogP contribution in [0.2, 0.25) is 5.02 Å². The Morgan fingerprint density at radius 1 is 0.963 bits per heavy atom. The van der Waals surface area contributed by atoms with Crippen molar-refractivity contribution in [1.82, 2.24) is 4.98 Å². The van der Waals surface area contributed by atoms with Gasteiger partial charge >= 0.3 is 6.03 Å². The Labute approximate surface area is 158 Å². The Balaban J connectivity index is 1.59. The van der Waals surface area contributed by atoms with Crippen LogP contribution in [0.4, 0.5) is 21.9 Å². The molecular formula is C18H13ClN4O4. The zero-order valence-corrected chi connectivity index (χ0v) is 14.5. The summed E-state index contributed by atoms with van der Waals surface area (Å²) in [4.78, 5) is 26.1. The molecule has 3 aromatic rings. The number of rotatable bonds is 5. The number of carbonyl (C=O) groups is 1. The number of hydrogen-bond donors (Lipinski definition) is 2. The molecule has 0 fully saturated rings. The van der Waals surface area contributed by atoms with Crippen LogP contribution in [0.15, 0.2) is 67.0 Å². The zero-order valence-electron chi connectivity index (χ0n) is 13.8. The number of nitro benzene ring substituents is 1. The lowest BCUT2D eigenvalue weighted by Gasteiger charge is -2.09. The summed E-state index contributed by atoms with van der Waals surface area (Å²) in [6.45, 7) is 0. The molecule has 3 rings (SSSR count). The normalized spacial score (nSPS) is 10.1. The summed E-state index contributed by atoms with van der Waals surface area (Å²) < 4.78 is 5.64. The molecule has 0 atom stereocenters. The average molecular weight is 385 g/mol. The largest absolute Gasteiger partial charge is 0.457 e. The number of nitrogens with zero attached hydrogens (tertiary/aromatic N) is 2. The first-order chi connectivity index (χ1) is 13.0. The van der Waals surface area contributed by atoms with Crippen molar-refractivity contribution >= 4 is 34.7 Å². The van der Waals surface area contributed by atoms with E-state index in [1.807, 2.05) is 0 Å². The number of pyridine rings is 1. The van der Waals surface area contributed by atoms with E-state index in [9.17, 15) is 14.9 Å². The number of hydrogen-bond acceptors (Lipinski definition) is 5. The molecule has 8 nitrogen and oxygen atoms in total. The van der Waals surface area contributed by atoms with E-state index in [1.165, 1.54) is 18.2 Å². The van der Waals surface area contributed by atoms with Gasteiger partial charge in [-0.05, 0) is 48.5 Å². The molecule has 0 aliphatic heterocycles. The maximum Gasteiger partial charge on any atom is 0.323 e. The smallest absolute Gasteiger partial charge is 0.323 e. The lowest BCUT2D eigenvalue weighted by molar-refractivity contribution is -0.384. The molecule has 136 valence electrons. The molecule has 1 aromatic heterocycles. The second kappa shape index (κ2) is 8.15. The highest BCUT2D eigenvalue weighted by atomic mass is 35.5. The monoisotopic (exact) mass is 384 g/mol. The van der Waals surface area contributed by atoms with Crippen molar-refractivity contribution in [2.24, 2.45) is 0 Å². The Hall–Kier alpha value is -3.65. The second-order valence-corrected chi connectivity index (χ2v) is 5.72. The van der Waals surface area contributed by atoms with Crippen molar-refractivity contribution < 1.29 is 14.5 Å². The maximum absolute atomic E-state index is 12.1. The fourth-order valence-electron chi connectivity index (χ4n) is 2.17. The second-order valence-electron chi connectivity index (χ2n) is 5.31. The van der Waals surface area contributed by atoms with Crippen molar-refractivity contribution in [3.8, 4) is 11.5 Å². The van der Waals surface area contributed by atoms with Gasteiger partial charge in [-0.25, -0.2) is 4.79 Å². The molecule has 0 saturated carbocycles. The molecule has 0 bridgehead atoms. The molecule has 2 N–H and O–H groups in total. The van der Waals surface area contributed by atoms with Gasteiger partial charge in [0.15, 0.2) is 0 Å². The number of benzene rings is 2. The van der Waals surface area contributed by atoms with Crippen molar-refractivity contribution in [1.29, 1.82) is 0 Å². The highest BCUT2D eigenvalue weighted by Crippen LogP contribution is 2.27. The minimum atomic E-state index is -0.595. The van der Waals surface area contributed by atoms with Crippen LogP contribution in [0.25, 0.3) is 0 Å². The van der Waals surface area contributed by atoms with Crippen LogP contribution in [0.1, 0.15) is 0 Å². The molecule has 0 aliphatic rings. The molecule has 0 spiro atoms. The first-order valence-corrected chi connectivity index (χ1v) is 8.09. The molecule has 27 heavy (non-hydrogen) atoms. The summed E-state index contributed by atoms with van der Waals surface area (Å²) in [5, 5.41) is 15.9. The molecule has 0 aliphatic carbocycles. The van der Waals surface area contributed by atoms with Gasteiger partial charge in [0, 0.05) is 29.8 Å². The third-order valence-electron chi connectivity index (χ3n) is 3.40. The van der Waals surface area contributed by atoms with E-state index in [-0.39, 0.29) is 10.7 Å². The van der Waals surface area contributed by atoms with E-state index >= 15 is 0 Å². The van der Waals surface area contributed by atoms with E-state index in [0.29, 0.717) is 22.9 Å². The lowest BCUT2D eigenvalue weighted by Crippen LogP contribution is -2.19. The summed E-state index contributed by atoms with van der Waals surface area (Å²) in [5.74, 6) is 1.26. The van der Waals surface area contributed by atoms with Gasteiger partial charge in [0.2, 0.25) is 0 Å². The number of ether oxygens (including phenoxy) is 1. The molecule has 2 aromatic carbocycles. The number of nitro groups is 1. The van der Waals surface area contributed by atoms with E-state index in [2.05, 4.69) is 15.6 Å². The van der Waals surface area contributed by atoms with Crippen LogP contribution in [0, 0.1) is 10.1 Å². The van der Waals surface area contributed by atoms with Crippen LogP contribution in [-0.2, 0) is 0 Å². The minimum Gasteiger partial charge on any atom is -0.457 e. The predicted molar refractivity (Wildman–Crippen MR) is 102 cm³/mol. The number of nitrogens with one attached hydrogen (secondary N) is 2. The molecule has 2 amide bonds. The number of aromatic nitrogens is 1. The maximum atomic E-state index is 12.1. The van der Waals surface area contributed by atoms with Crippen molar-refractivity contribution in [3.05, 3.63) is 82.1 Å². The molecule has 1 heterocycles.